The molecule has 5 atom stereocenters. The van der Waals surface area contributed by atoms with Gasteiger partial charge in [-0.3, -0.25) is 4.79 Å². The lowest BCUT2D eigenvalue weighted by atomic mass is 10.0. The molecule has 2 aliphatic rings. The highest BCUT2D eigenvalue weighted by atomic mass is 35.5. The van der Waals surface area contributed by atoms with E-state index in [0.717, 1.165) is 35.9 Å². The van der Waals surface area contributed by atoms with Crippen LogP contribution in [-0.4, -0.2) is 33.2 Å². The van der Waals surface area contributed by atoms with Gasteiger partial charge in [0, 0.05) is 17.6 Å². The number of carbonyl (C=O) groups is 1. The predicted molar refractivity (Wildman–Crippen MR) is 114 cm³/mol. The first kappa shape index (κ1) is 19.2. The number of rotatable bonds is 6. The summed E-state index contributed by atoms with van der Waals surface area (Å²) in [6.45, 7) is 2.12. The molecule has 2 heterocycles. The maximum absolute atomic E-state index is 12.6. The number of carbonyl (C=O) groups excluding carboxylic acids is 1. The summed E-state index contributed by atoms with van der Waals surface area (Å²) >= 11 is 5.86. The van der Waals surface area contributed by atoms with Gasteiger partial charge in [0.1, 0.15) is 11.4 Å². The predicted octanol–water partition coefficient (Wildman–Crippen LogP) is 4.29. The Morgan fingerprint density at radius 3 is 2.73 bits per heavy atom. The lowest BCUT2D eigenvalue weighted by Crippen LogP contribution is -2.38. The Labute approximate surface area is 180 Å². The molecule has 1 N–H and O–H groups in total. The lowest BCUT2D eigenvalue weighted by Gasteiger charge is -2.22. The van der Waals surface area contributed by atoms with E-state index in [2.05, 4.69) is 27.4 Å². The van der Waals surface area contributed by atoms with Gasteiger partial charge in [0.25, 0.3) is 5.91 Å². The highest BCUT2D eigenvalue weighted by Gasteiger charge is 2.59. The zero-order valence-corrected chi connectivity index (χ0v) is 17.4. The van der Waals surface area contributed by atoms with Crippen molar-refractivity contribution in [2.24, 2.45) is 17.8 Å². The van der Waals surface area contributed by atoms with Gasteiger partial charge in [0.05, 0.1) is 22.8 Å². The van der Waals surface area contributed by atoms with E-state index in [4.69, 9.17) is 16.3 Å². The molecule has 2 aromatic heterocycles. The molecule has 0 aliphatic heterocycles. The van der Waals surface area contributed by atoms with Gasteiger partial charge in [-0.15, -0.1) is 0 Å². The Morgan fingerprint density at radius 2 is 2.00 bits per heavy atom. The summed E-state index contributed by atoms with van der Waals surface area (Å²) in [5.41, 5.74) is 1.25. The van der Waals surface area contributed by atoms with Crippen LogP contribution in [0.15, 0.2) is 48.8 Å². The molecule has 1 aromatic carbocycles. The molecule has 1 amide bonds. The average molecular weight is 423 g/mol. The van der Waals surface area contributed by atoms with E-state index in [0.29, 0.717) is 28.5 Å². The molecule has 0 radical (unpaired) electrons. The first-order valence-electron chi connectivity index (χ1n) is 10.4. The summed E-state index contributed by atoms with van der Waals surface area (Å²) in [7, 11) is 0. The van der Waals surface area contributed by atoms with Gasteiger partial charge in [-0.25, -0.2) is 4.98 Å². The van der Waals surface area contributed by atoms with E-state index in [1.807, 2.05) is 24.3 Å². The van der Waals surface area contributed by atoms with Crippen LogP contribution < -0.4 is 10.1 Å². The maximum atomic E-state index is 12.6. The second kappa shape index (κ2) is 7.84. The summed E-state index contributed by atoms with van der Waals surface area (Å²) in [5, 5.41) is 12.9. The van der Waals surface area contributed by atoms with Crippen LogP contribution >= 0.6 is 11.6 Å². The molecule has 0 saturated heterocycles. The van der Waals surface area contributed by atoms with Crippen molar-refractivity contribution >= 4 is 28.4 Å². The average Bonchev–Trinajstić information content (AvgIpc) is 3.26. The molecular weight excluding hydrogens is 400 g/mol. The Hall–Kier alpha value is -2.73. The normalized spacial score (nSPS) is 25.5. The number of fused-ring (bicyclic) bond motifs is 2. The molecule has 5 rings (SSSR count). The molecule has 6 nitrogen and oxygen atoms in total. The number of aromatic nitrogens is 3. The van der Waals surface area contributed by atoms with E-state index >= 15 is 0 Å². The lowest BCUT2D eigenvalue weighted by molar-refractivity contribution is 0.0919. The van der Waals surface area contributed by atoms with Gasteiger partial charge in [-0.05, 0) is 61.3 Å². The van der Waals surface area contributed by atoms with Crippen molar-refractivity contribution in [1.82, 2.24) is 20.5 Å². The smallest absolute Gasteiger partial charge is 0.270 e. The van der Waals surface area contributed by atoms with Crippen LogP contribution in [-0.2, 0) is 0 Å². The fourth-order valence-corrected chi connectivity index (χ4v) is 5.13. The van der Waals surface area contributed by atoms with Crippen LogP contribution in [0.25, 0.3) is 10.9 Å². The number of benzene rings is 1. The Morgan fingerprint density at radius 1 is 1.20 bits per heavy atom. The third-order valence-electron chi connectivity index (χ3n) is 6.45. The van der Waals surface area contributed by atoms with Crippen LogP contribution in [0.2, 0.25) is 5.02 Å². The second-order valence-corrected chi connectivity index (χ2v) is 8.63. The van der Waals surface area contributed by atoms with Crippen LogP contribution in [0.4, 0.5) is 0 Å². The number of hydrogen-bond donors (Lipinski definition) is 1. The zero-order chi connectivity index (χ0) is 20.7. The number of nitrogens with one attached hydrogen (secondary N) is 1. The first-order valence-corrected chi connectivity index (χ1v) is 10.8. The van der Waals surface area contributed by atoms with Gasteiger partial charge in [0.2, 0.25) is 0 Å². The van der Waals surface area contributed by atoms with Gasteiger partial charge >= 0.3 is 0 Å². The summed E-state index contributed by atoms with van der Waals surface area (Å²) in [5.74, 6) is 2.38. The largest absolute Gasteiger partial charge is 0.488 e. The second-order valence-electron chi connectivity index (χ2n) is 8.19. The molecule has 2 fully saturated rings. The number of hydrogen-bond acceptors (Lipinski definition) is 5. The molecule has 3 unspecified atom stereocenters. The minimum Gasteiger partial charge on any atom is -0.488 e. The van der Waals surface area contributed by atoms with E-state index < -0.39 is 0 Å². The Bertz CT molecular complexity index is 1060. The fourth-order valence-electron chi connectivity index (χ4n) is 5.01. The van der Waals surface area contributed by atoms with Crippen LogP contribution in [0.5, 0.6) is 5.75 Å². The monoisotopic (exact) mass is 422 g/mol. The minimum atomic E-state index is -0.134. The molecule has 0 bridgehead atoms. The molecule has 2 aliphatic carbocycles. The van der Waals surface area contributed by atoms with Gasteiger partial charge < -0.3 is 10.1 Å². The van der Waals surface area contributed by atoms with Crippen molar-refractivity contribution in [2.45, 2.75) is 38.3 Å². The molecule has 3 aromatic rings. The maximum Gasteiger partial charge on any atom is 0.270 e. The standard InChI is InChI=1S/C23H23ClN4O2/c1-2-18(27-23(29)20-8-7-13(24)11-25-20)22-16-9-14(10-17(16)22)30-21-12-26-28-19-6-4-3-5-15(19)21/h3-8,11-12,14,16-18,22H,2,9-10H2,1H3,(H,27,29)/t14?,16-,17+,18?,22?. The van der Waals surface area contributed by atoms with Gasteiger partial charge in [0.15, 0.2) is 0 Å². The minimum absolute atomic E-state index is 0.134. The van der Waals surface area contributed by atoms with E-state index in [9.17, 15) is 4.79 Å². The van der Waals surface area contributed by atoms with Gasteiger partial charge in [-0.1, -0.05) is 30.7 Å². The highest BCUT2D eigenvalue weighted by Crippen LogP contribution is 2.60. The summed E-state index contributed by atoms with van der Waals surface area (Å²) in [6.07, 6.45) is 6.33. The SMILES string of the molecule is CCC(NC(=O)c1ccc(Cl)cn1)C1[C@H]2CC(Oc3cnnc4ccccc34)C[C@@H]12. The van der Waals surface area contributed by atoms with Crippen molar-refractivity contribution in [1.29, 1.82) is 0 Å². The first-order chi connectivity index (χ1) is 14.6. The number of halogens is 1. The summed E-state index contributed by atoms with van der Waals surface area (Å²) in [4.78, 5) is 16.7. The number of ether oxygens (including phenoxy) is 1. The molecule has 2 saturated carbocycles. The van der Waals surface area contributed by atoms with Crippen LogP contribution in [0, 0.1) is 17.8 Å². The summed E-state index contributed by atoms with van der Waals surface area (Å²) < 4.78 is 6.30. The number of nitrogens with zero attached hydrogens (tertiary/aromatic N) is 3. The van der Waals surface area contributed by atoms with Crippen molar-refractivity contribution in [3.05, 3.63) is 59.5 Å². The molecular formula is C23H23ClN4O2. The van der Waals surface area contributed by atoms with Crippen molar-refractivity contribution in [3.8, 4) is 5.75 Å². The topological polar surface area (TPSA) is 77.0 Å². The Kier molecular flexibility index (Phi) is 5.03. The van der Waals surface area contributed by atoms with Crippen molar-refractivity contribution in [2.75, 3.05) is 0 Å². The van der Waals surface area contributed by atoms with Crippen LogP contribution in [0.1, 0.15) is 36.7 Å². The number of pyridine rings is 1. The Balaban J connectivity index is 1.20. The van der Waals surface area contributed by atoms with E-state index in [-0.39, 0.29) is 18.1 Å². The molecule has 30 heavy (non-hydrogen) atoms. The van der Waals surface area contributed by atoms with Crippen molar-refractivity contribution < 1.29 is 9.53 Å². The van der Waals surface area contributed by atoms with E-state index in [1.165, 1.54) is 6.20 Å². The van der Waals surface area contributed by atoms with Gasteiger partial charge in [-0.2, -0.15) is 10.2 Å². The zero-order valence-electron chi connectivity index (χ0n) is 16.7. The van der Waals surface area contributed by atoms with Crippen molar-refractivity contribution in [3.63, 3.8) is 0 Å². The molecule has 154 valence electrons. The summed E-state index contributed by atoms with van der Waals surface area (Å²) in [6, 6.07) is 11.4. The fraction of sp³-hybridized carbons (Fsp3) is 0.391. The van der Waals surface area contributed by atoms with Crippen LogP contribution in [0.3, 0.4) is 0 Å². The third-order valence-corrected chi connectivity index (χ3v) is 6.68. The van der Waals surface area contributed by atoms with E-state index in [1.54, 1.807) is 18.3 Å². The molecule has 7 heteroatoms. The molecule has 0 spiro atoms. The quantitative estimate of drug-likeness (QED) is 0.641. The highest BCUT2D eigenvalue weighted by molar-refractivity contribution is 6.30. The number of amides is 1. The third kappa shape index (κ3) is 3.60.